The van der Waals surface area contributed by atoms with Crippen molar-refractivity contribution in [3.63, 3.8) is 0 Å². The van der Waals surface area contributed by atoms with Crippen LogP contribution in [0.5, 0.6) is 0 Å². The molecule has 0 saturated heterocycles. The molecule has 0 aliphatic rings. The first-order valence-corrected chi connectivity index (χ1v) is 6.54. The van der Waals surface area contributed by atoms with Crippen LogP contribution in [0.1, 0.15) is 0 Å². The number of benzene rings is 2. The fourth-order valence-corrected chi connectivity index (χ4v) is 1.90. The third kappa shape index (κ3) is 3.90. The third-order valence-corrected chi connectivity index (χ3v) is 3.09. The minimum atomic E-state index is -0.0911. The van der Waals surface area contributed by atoms with E-state index in [-0.39, 0.29) is 12.5 Å². The molecule has 0 spiro atoms. The van der Waals surface area contributed by atoms with E-state index in [2.05, 4.69) is 5.32 Å². The van der Waals surface area contributed by atoms with Gasteiger partial charge < -0.3 is 16.0 Å². The smallest absolute Gasteiger partial charge is 0.243 e. The number of hydrogen-bond acceptors (Lipinski definition) is 3. The number of halogens is 1. The van der Waals surface area contributed by atoms with Crippen LogP contribution in [0.15, 0.2) is 48.5 Å². The van der Waals surface area contributed by atoms with Crippen molar-refractivity contribution in [1.29, 1.82) is 0 Å². The van der Waals surface area contributed by atoms with Crippen LogP contribution in [0, 0.1) is 0 Å². The number of carbonyl (C=O) groups excluding carboxylic acids is 1. The maximum Gasteiger partial charge on any atom is 0.243 e. The van der Waals surface area contributed by atoms with Gasteiger partial charge in [0.05, 0.1) is 6.54 Å². The first kappa shape index (κ1) is 14.2. The van der Waals surface area contributed by atoms with Crippen LogP contribution in [-0.2, 0) is 4.79 Å². The van der Waals surface area contributed by atoms with E-state index in [1.165, 1.54) is 0 Å². The van der Waals surface area contributed by atoms with Gasteiger partial charge in [0.25, 0.3) is 0 Å². The maximum absolute atomic E-state index is 11.9. The second-order valence-corrected chi connectivity index (χ2v) is 4.94. The fraction of sp³-hybridized carbons (Fsp3) is 0.133. The first-order valence-electron chi connectivity index (χ1n) is 6.17. The maximum atomic E-state index is 11.9. The zero-order valence-electron chi connectivity index (χ0n) is 11.1. The number of likely N-dealkylation sites (N-methyl/N-ethyl adjacent to an activating group) is 1. The Morgan fingerprint density at radius 1 is 1.15 bits per heavy atom. The molecule has 3 N–H and O–H groups in total. The lowest BCUT2D eigenvalue weighted by Gasteiger charge is -2.18. The van der Waals surface area contributed by atoms with Gasteiger partial charge in [-0.25, -0.2) is 0 Å². The van der Waals surface area contributed by atoms with Gasteiger partial charge in [-0.3, -0.25) is 4.79 Å². The number of nitrogens with two attached hydrogens (primary N) is 1. The molecule has 2 aromatic rings. The number of carbonyl (C=O) groups is 1. The van der Waals surface area contributed by atoms with E-state index < -0.39 is 0 Å². The Hall–Kier alpha value is -2.20. The average molecular weight is 290 g/mol. The molecule has 5 heteroatoms. The first-order chi connectivity index (χ1) is 9.54. The molecule has 0 unspecified atom stereocenters. The van der Waals surface area contributed by atoms with Crippen molar-refractivity contribution in [3.8, 4) is 0 Å². The molecule has 0 atom stereocenters. The highest BCUT2D eigenvalue weighted by molar-refractivity contribution is 6.30. The minimum absolute atomic E-state index is 0.0911. The minimum Gasteiger partial charge on any atom is -0.399 e. The van der Waals surface area contributed by atoms with E-state index in [0.717, 1.165) is 11.4 Å². The largest absolute Gasteiger partial charge is 0.399 e. The number of amides is 1. The monoisotopic (exact) mass is 289 g/mol. The van der Waals surface area contributed by atoms with E-state index in [4.69, 9.17) is 17.3 Å². The second kappa shape index (κ2) is 6.30. The Morgan fingerprint density at radius 3 is 2.35 bits per heavy atom. The summed E-state index contributed by atoms with van der Waals surface area (Å²) in [7, 11) is 1.85. The predicted octanol–water partition coefficient (Wildman–Crippen LogP) is 3.00. The lowest BCUT2D eigenvalue weighted by atomic mass is 10.2. The summed E-state index contributed by atoms with van der Waals surface area (Å²) in [6.07, 6.45) is 0. The summed E-state index contributed by atoms with van der Waals surface area (Å²) in [6, 6.07) is 14.4. The van der Waals surface area contributed by atoms with Gasteiger partial charge in [0.15, 0.2) is 0 Å². The van der Waals surface area contributed by atoms with E-state index >= 15 is 0 Å². The van der Waals surface area contributed by atoms with Gasteiger partial charge in [-0.1, -0.05) is 11.6 Å². The molecule has 2 aromatic carbocycles. The van der Waals surface area contributed by atoms with Gasteiger partial charge in [0.2, 0.25) is 5.91 Å². The average Bonchev–Trinajstić information content (AvgIpc) is 2.42. The molecule has 0 heterocycles. The lowest BCUT2D eigenvalue weighted by Crippen LogP contribution is -2.29. The molecule has 1 amide bonds. The summed E-state index contributed by atoms with van der Waals surface area (Å²) in [4.78, 5) is 13.8. The predicted molar refractivity (Wildman–Crippen MR) is 84.2 cm³/mol. The van der Waals surface area contributed by atoms with Crippen molar-refractivity contribution < 1.29 is 4.79 Å². The number of nitrogens with zero attached hydrogens (tertiary/aromatic N) is 1. The van der Waals surface area contributed by atoms with Gasteiger partial charge in [0.1, 0.15) is 0 Å². The van der Waals surface area contributed by atoms with E-state index in [1.54, 1.807) is 24.3 Å². The van der Waals surface area contributed by atoms with Crippen molar-refractivity contribution in [2.75, 3.05) is 29.5 Å². The number of nitrogens with one attached hydrogen (secondary N) is 1. The van der Waals surface area contributed by atoms with E-state index in [9.17, 15) is 4.79 Å². The van der Waals surface area contributed by atoms with Crippen LogP contribution in [-0.4, -0.2) is 19.5 Å². The van der Waals surface area contributed by atoms with Crippen LogP contribution >= 0.6 is 11.6 Å². The molecule has 2 rings (SSSR count). The highest BCUT2D eigenvalue weighted by Gasteiger charge is 2.07. The summed E-state index contributed by atoms with van der Waals surface area (Å²) < 4.78 is 0. The summed E-state index contributed by atoms with van der Waals surface area (Å²) in [6.45, 7) is 0.256. The highest BCUT2D eigenvalue weighted by atomic mass is 35.5. The number of rotatable bonds is 4. The molecule has 0 aliphatic carbocycles. The summed E-state index contributed by atoms with van der Waals surface area (Å²) in [5, 5.41) is 3.46. The molecule has 104 valence electrons. The topological polar surface area (TPSA) is 58.4 Å². The molecule has 0 fully saturated rings. The molecular weight excluding hydrogens is 274 g/mol. The van der Waals surface area contributed by atoms with E-state index in [1.807, 2.05) is 36.2 Å². The Kier molecular flexibility index (Phi) is 4.48. The quantitative estimate of drug-likeness (QED) is 0.851. The number of anilines is 3. The summed E-state index contributed by atoms with van der Waals surface area (Å²) in [5.41, 5.74) is 8.00. The molecule has 0 saturated carbocycles. The fourth-order valence-electron chi connectivity index (χ4n) is 1.77. The van der Waals surface area contributed by atoms with Crippen LogP contribution in [0.4, 0.5) is 17.1 Å². The highest BCUT2D eigenvalue weighted by Crippen LogP contribution is 2.16. The Morgan fingerprint density at radius 2 is 1.75 bits per heavy atom. The normalized spacial score (nSPS) is 10.1. The van der Waals surface area contributed by atoms with Crippen LogP contribution in [0.3, 0.4) is 0 Å². The third-order valence-electron chi connectivity index (χ3n) is 2.84. The molecule has 0 aliphatic heterocycles. The Bertz CT molecular complexity index is 581. The summed E-state index contributed by atoms with van der Waals surface area (Å²) in [5.74, 6) is -0.0911. The molecular formula is C15H16ClN3O. The zero-order valence-corrected chi connectivity index (χ0v) is 11.9. The van der Waals surface area contributed by atoms with Crippen LogP contribution < -0.4 is 16.0 Å². The molecule has 0 radical (unpaired) electrons. The Labute approximate surface area is 123 Å². The van der Waals surface area contributed by atoms with Crippen LogP contribution in [0.25, 0.3) is 0 Å². The standard InChI is InChI=1S/C15H16ClN3O/c1-19(14-8-4-12(17)5-9-14)10-15(20)18-13-6-2-11(16)3-7-13/h2-9H,10,17H2,1H3,(H,18,20). The molecule has 0 bridgehead atoms. The van der Waals surface area contributed by atoms with Gasteiger partial charge in [-0.05, 0) is 48.5 Å². The lowest BCUT2D eigenvalue weighted by molar-refractivity contribution is -0.114. The van der Waals surface area contributed by atoms with Crippen molar-refractivity contribution in [3.05, 3.63) is 53.6 Å². The summed E-state index contributed by atoms with van der Waals surface area (Å²) >= 11 is 5.79. The molecule has 0 aromatic heterocycles. The van der Waals surface area contributed by atoms with Gasteiger partial charge >= 0.3 is 0 Å². The second-order valence-electron chi connectivity index (χ2n) is 4.50. The van der Waals surface area contributed by atoms with Crippen molar-refractivity contribution >= 4 is 34.6 Å². The SMILES string of the molecule is CN(CC(=O)Nc1ccc(Cl)cc1)c1ccc(N)cc1. The number of nitrogen functional groups attached to an aromatic ring is 1. The van der Waals surface area contributed by atoms with Gasteiger partial charge in [0, 0.05) is 29.1 Å². The Balaban J connectivity index is 1.93. The molecule has 4 nitrogen and oxygen atoms in total. The van der Waals surface area contributed by atoms with Gasteiger partial charge in [-0.2, -0.15) is 0 Å². The van der Waals surface area contributed by atoms with Crippen molar-refractivity contribution in [1.82, 2.24) is 0 Å². The van der Waals surface area contributed by atoms with Crippen LogP contribution in [0.2, 0.25) is 5.02 Å². The molecule has 20 heavy (non-hydrogen) atoms. The van der Waals surface area contributed by atoms with Crippen molar-refractivity contribution in [2.45, 2.75) is 0 Å². The van der Waals surface area contributed by atoms with Crippen molar-refractivity contribution in [2.24, 2.45) is 0 Å². The van der Waals surface area contributed by atoms with E-state index in [0.29, 0.717) is 10.7 Å². The van der Waals surface area contributed by atoms with Gasteiger partial charge in [-0.15, -0.1) is 0 Å². The number of hydrogen-bond donors (Lipinski definition) is 2. The zero-order chi connectivity index (χ0) is 14.5.